The van der Waals surface area contributed by atoms with Crippen LogP contribution >= 0.6 is 11.3 Å². The third-order valence-corrected chi connectivity index (χ3v) is 4.12. The van der Waals surface area contributed by atoms with Gasteiger partial charge >= 0.3 is 0 Å². The molecule has 3 aromatic rings. The summed E-state index contributed by atoms with van der Waals surface area (Å²) >= 11 is 0.982. The van der Waals surface area contributed by atoms with Gasteiger partial charge in [0.25, 0.3) is 5.91 Å². The fourth-order valence-corrected chi connectivity index (χ4v) is 2.96. The second-order valence-electron chi connectivity index (χ2n) is 4.65. The van der Waals surface area contributed by atoms with Crippen molar-refractivity contribution in [2.75, 3.05) is 0 Å². The normalized spacial score (nSPS) is 10.5. The second kappa shape index (κ2) is 5.89. The van der Waals surface area contributed by atoms with Crippen molar-refractivity contribution in [2.45, 2.75) is 6.54 Å². The Balaban J connectivity index is 1.83. The zero-order chi connectivity index (χ0) is 14.7. The molecule has 0 radical (unpaired) electrons. The van der Waals surface area contributed by atoms with Crippen LogP contribution in [0.15, 0.2) is 65.5 Å². The summed E-state index contributed by atoms with van der Waals surface area (Å²) < 4.78 is -0.0852. The largest absolute Gasteiger partial charge is 0.347 e. The van der Waals surface area contributed by atoms with Gasteiger partial charge in [0.15, 0.2) is 0 Å². The topological polar surface area (TPSA) is 46.2 Å². The minimum atomic E-state index is -0.216. The highest BCUT2D eigenvalue weighted by Crippen LogP contribution is 2.15. The van der Waals surface area contributed by atoms with Crippen LogP contribution in [0.1, 0.15) is 15.2 Å². The van der Waals surface area contributed by atoms with Crippen molar-refractivity contribution in [1.29, 1.82) is 0 Å². The highest BCUT2D eigenvalue weighted by atomic mass is 32.1. The van der Waals surface area contributed by atoms with E-state index in [1.807, 2.05) is 48.5 Å². The number of hydrogen-bond acceptors (Lipinski definition) is 3. The first-order valence-electron chi connectivity index (χ1n) is 6.59. The van der Waals surface area contributed by atoms with Crippen LogP contribution in [-0.2, 0) is 6.54 Å². The Bertz CT molecular complexity index is 840. The van der Waals surface area contributed by atoms with Gasteiger partial charge in [-0.2, -0.15) is 0 Å². The molecule has 0 atom stereocenters. The average Bonchev–Trinajstić information content (AvgIpc) is 2.53. The van der Waals surface area contributed by atoms with Crippen molar-refractivity contribution in [2.24, 2.45) is 0 Å². The molecule has 1 N–H and O–H groups in total. The summed E-state index contributed by atoms with van der Waals surface area (Å²) in [5.41, 5.74) is 1.03. The average molecular weight is 295 g/mol. The van der Waals surface area contributed by atoms with Crippen LogP contribution in [0, 0.1) is 0 Å². The Morgan fingerprint density at radius 1 is 1.00 bits per heavy atom. The quantitative estimate of drug-likeness (QED) is 0.806. The summed E-state index contributed by atoms with van der Waals surface area (Å²) in [5.74, 6) is -0.216. The number of carbonyl (C=O) groups excluding carboxylic acids is 1. The van der Waals surface area contributed by atoms with Gasteiger partial charge in [-0.05, 0) is 23.1 Å². The summed E-state index contributed by atoms with van der Waals surface area (Å²) in [6, 6.07) is 18.8. The second-order valence-corrected chi connectivity index (χ2v) is 5.67. The van der Waals surface area contributed by atoms with Crippen LogP contribution in [-0.4, -0.2) is 5.91 Å². The van der Waals surface area contributed by atoms with Crippen LogP contribution in [0.2, 0.25) is 0 Å². The molecule has 0 saturated heterocycles. The Morgan fingerprint density at radius 3 is 2.52 bits per heavy atom. The molecule has 1 amide bonds. The van der Waals surface area contributed by atoms with Crippen molar-refractivity contribution in [3.63, 3.8) is 0 Å². The third-order valence-electron chi connectivity index (χ3n) is 3.19. The molecule has 4 heteroatoms. The maximum absolute atomic E-state index is 12.2. The van der Waals surface area contributed by atoms with Gasteiger partial charge in [0.2, 0.25) is 4.74 Å². The third kappa shape index (κ3) is 3.01. The molecule has 0 aliphatic rings. The first-order chi connectivity index (χ1) is 10.2. The van der Waals surface area contributed by atoms with E-state index in [1.54, 1.807) is 12.1 Å². The number of benzene rings is 2. The minimum absolute atomic E-state index is 0.0852. The Labute approximate surface area is 125 Å². The van der Waals surface area contributed by atoms with Crippen LogP contribution in [0.25, 0.3) is 10.8 Å². The molecule has 0 unspecified atom stereocenters. The van der Waals surface area contributed by atoms with E-state index in [-0.39, 0.29) is 10.6 Å². The lowest BCUT2D eigenvalue weighted by molar-refractivity contribution is 0.0955. The smallest absolute Gasteiger partial charge is 0.261 e. The first-order valence-corrected chi connectivity index (χ1v) is 7.41. The molecule has 104 valence electrons. The molecule has 2 aromatic carbocycles. The molecular formula is C17H13NO2S. The van der Waals surface area contributed by atoms with Gasteiger partial charge in [0.05, 0.1) is 4.88 Å². The molecule has 3 rings (SSSR count). The number of amides is 1. The van der Waals surface area contributed by atoms with Gasteiger partial charge in [-0.3, -0.25) is 9.59 Å². The summed E-state index contributed by atoms with van der Waals surface area (Å²) in [7, 11) is 0. The molecule has 0 spiro atoms. The molecule has 1 aromatic heterocycles. The van der Waals surface area contributed by atoms with E-state index in [4.69, 9.17) is 0 Å². The van der Waals surface area contributed by atoms with Gasteiger partial charge in [-0.25, -0.2) is 0 Å². The lowest BCUT2D eigenvalue weighted by Gasteiger charge is -2.05. The van der Waals surface area contributed by atoms with Gasteiger partial charge in [0, 0.05) is 11.9 Å². The molecule has 1 heterocycles. The SMILES string of the molecule is O=C(NCc1ccccc1)c1cc2ccccc2c(=O)s1. The number of carbonyl (C=O) groups is 1. The fraction of sp³-hybridized carbons (Fsp3) is 0.0588. The highest BCUT2D eigenvalue weighted by molar-refractivity contribution is 7.12. The zero-order valence-corrected chi connectivity index (χ0v) is 12.0. The van der Waals surface area contributed by atoms with Gasteiger partial charge < -0.3 is 5.32 Å². The molecule has 0 saturated carbocycles. The predicted octanol–water partition coefficient (Wildman–Crippen LogP) is 3.19. The maximum atomic E-state index is 12.2. The lowest BCUT2D eigenvalue weighted by atomic mass is 10.2. The van der Waals surface area contributed by atoms with E-state index < -0.39 is 0 Å². The maximum Gasteiger partial charge on any atom is 0.261 e. The van der Waals surface area contributed by atoms with Gasteiger partial charge in [-0.15, -0.1) is 0 Å². The van der Waals surface area contributed by atoms with E-state index in [0.717, 1.165) is 22.3 Å². The predicted molar refractivity (Wildman–Crippen MR) is 85.7 cm³/mol. The molecule has 0 fully saturated rings. The van der Waals surface area contributed by atoms with E-state index in [0.29, 0.717) is 16.8 Å². The summed E-state index contributed by atoms with van der Waals surface area (Å²) in [5, 5.41) is 4.29. The highest BCUT2D eigenvalue weighted by Gasteiger charge is 2.09. The van der Waals surface area contributed by atoms with E-state index in [1.165, 1.54) is 0 Å². The van der Waals surface area contributed by atoms with Crippen LogP contribution in [0.3, 0.4) is 0 Å². The van der Waals surface area contributed by atoms with Gasteiger partial charge in [-0.1, -0.05) is 59.9 Å². The monoisotopic (exact) mass is 295 g/mol. The molecule has 3 nitrogen and oxygen atoms in total. The Kier molecular flexibility index (Phi) is 3.79. The first kappa shape index (κ1) is 13.5. The number of nitrogens with one attached hydrogen (secondary N) is 1. The van der Waals surface area contributed by atoms with E-state index in [9.17, 15) is 9.59 Å². The lowest BCUT2D eigenvalue weighted by Crippen LogP contribution is -2.22. The van der Waals surface area contributed by atoms with Crippen molar-refractivity contribution < 1.29 is 4.79 Å². The van der Waals surface area contributed by atoms with Crippen LogP contribution in [0.4, 0.5) is 0 Å². The molecular weight excluding hydrogens is 282 g/mol. The minimum Gasteiger partial charge on any atom is -0.347 e. The van der Waals surface area contributed by atoms with Crippen LogP contribution in [0.5, 0.6) is 0 Å². The standard InChI is InChI=1S/C17H13NO2S/c19-16(18-11-12-6-2-1-3-7-12)15-10-13-8-4-5-9-14(13)17(20)21-15/h1-10H,11H2,(H,18,19). The number of rotatable bonds is 3. The van der Waals surface area contributed by atoms with Crippen LogP contribution < -0.4 is 10.1 Å². The zero-order valence-electron chi connectivity index (χ0n) is 11.2. The van der Waals surface area contributed by atoms with E-state index >= 15 is 0 Å². The molecule has 0 aliphatic carbocycles. The Morgan fingerprint density at radius 2 is 1.71 bits per heavy atom. The fourth-order valence-electron chi connectivity index (χ4n) is 2.11. The van der Waals surface area contributed by atoms with Gasteiger partial charge in [0.1, 0.15) is 0 Å². The number of fused-ring (bicyclic) bond motifs is 1. The van der Waals surface area contributed by atoms with Crippen molar-refractivity contribution >= 4 is 28.0 Å². The number of hydrogen-bond donors (Lipinski definition) is 1. The van der Waals surface area contributed by atoms with E-state index in [2.05, 4.69) is 5.32 Å². The summed E-state index contributed by atoms with van der Waals surface area (Å²) in [6.07, 6.45) is 0. The van der Waals surface area contributed by atoms with Crippen molar-refractivity contribution in [3.8, 4) is 0 Å². The molecule has 21 heavy (non-hydrogen) atoms. The summed E-state index contributed by atoms with van der Waals surface area (Å²) in [6.45, 7) is 0.452. The van der Waals surface area contributed by atoms with Crippen molar-refractivity contribution in [1.82, 2.24) is 5.32 Å². The molecule has 0 bridgehead atoms. The summed E-state index contributed by atoms with van der Waals surface area (Å²) in [4.78, 5) is 24.6. The van der Waals surface area contributed by atoms with Crippen molar-refractivity contribution in [3.05, 3.63) is 80.6 Å². The molecule has 0 aliphatic heterocycles. The Hall–Kier alpha value is -2.46.